The first-order valence-electron chi connectivity index (χ1n) is 2.33. The zero-order valence-electron chi connectivity index (χ0n) is 4.45. The van der Waals surface area contributed by atoms with Crippen molar-refractivity contribution in [1.82, 2.24) is 0 Å². The Kier molecular flexibility index (Phi) is 4.89. The minimum Gasteiger partial charge on any atom is -0.396 e. The molecule has 0 spiro atoms. The van der Waals surface area contributed by atoms with Gasteiger partial charge in [-0.2, -0.15) is 0 Å². The maximum atomic E-state index is 8.31. The molecule has 0 bridgehead atoms. The van der Waals surface area contributed by atoms with Crippen LogP contribution in [0.3, 0.4) is 0 Å². The Balaban J connectivity index is 3.07. The van der Waals surface area contributed by atoms with Gasteiger partial charge in [-0.15, -0.1) is 0 Å². The number of aliphatic hydroxyl groups is 2. The lowest BCUT2D eigenvalue weighted by atomic mass is 10.2. The van der Waals surface area contributed by atoms with Crippen LogP contribution in [-0.2, 0) is 4.89 Å². The Hall–Kier alpha value is -0.160. The Morgan fingerprint density at radius 3 is 1.88 bits per heavy atom. The fourth-order valence-electron chi connectivity index (χ4n) is 0.269. The molecule has 0 saturated carbocycles. The SMILES string of the molecule is OCC(CO)COO. The second kappa shape index (κ2) is 4.99. The van der Waals surface area contributed by atoms with Crippen molar-refractivity contribution in [2.75, 3.05) is 19.8 Å². The Morgan fingerprint density at radius 1 is 1.25 bits per heavy atom. The molecule has 4 heteroatoms. The lowest BCUT2D eigenvalue weighted by Gasteiger charge is -2.05. The minimum absolute atomic E-state index is 0.0208. The predicted molar refractivity (Wildman–Crippen MR) is 26.2 cm³/mol. The third-order valence-electron chi connectivity index (χ3n) is 0.827. The summed E-state index contributed by atoms with van der Waals surface area (Å²) in [6, 6.07) is 0. The molecule has 0 rings (SSSR count). The summed E-state index contributed by atoms with van der Waals surface area (Å²) in [7, 11) is 0. The minimum atomic E-state index is -0.361. The molecule has 0 radical (unpaired) electrons. The fourth-order valence-corrected chi connectivity index (χ4v) is 0.269. The predicted octanol–water partition coefficient (Wildman–Crippen LogP) is -0.923. The average molecular weight is 122 g/mol. The molecule has 0 aliphatic rings. The van der Waals surface area contributed by atoms with Crippen molar-refractivity contribution in [2.24, 2.45) is 5.92 Å². The van der Waals surface area contributed by atoms with E-state index in [0.717, 1.165) is 0 Å². The molecule has 0 aliphatic carbocycles. The van der Waals surface area contributed by atoms with Crippen molar-refractivity contribution in [3.8, 4) is 0 Å². The van der Waals surface area contributed by atoms with Crippen LogP contribution in [0.1, 0.15) is 0 Å². The van der Waals surface area contributed by atoms with Gasteiger partial charge in [0.05, 0.1) is 19.8 Å². The second-order valence-electron chi connectivity index (χ2n) is 1.53. The standard InChI is InChI=1S/C4H10O4/c5-1-4(2-6)3-8-7/h4-7H,1-3H2. The Bertz CT molecular complexity index is 43.3. The van der Waals surface area contributed by atoms with Crippen molar-refractivity contribution < 1.29 is 20.4 Å². The van der Waals surface area contributed by atoms with Gasteiger partial charge in [0.2, 0.25) is 0 Å². The molecular formula is C4H10O4. The van der Waals surface area contributed by atoms with E-state index in [2.05, 4.69) is 4.89 Å². The summed E-state index contributed by atoms with van der Waals surface area (Å²) in [5.74, 6) is -0.361. The average Bonchev–Trinajstić information content (AvgIpc) is 1.83. The molecule has 8 heavy (non-hydrogen) atoms. The van der Waals surface area contributed by atoms with Crippen LogP contribution in [0.15, 0.2) is 0 Å². The van der Waals surface area contributed by atoms with Crippen LogP contribution >= 0.6 is 0 Å². The topological polar surface area (TPSA) is 69.9 Å². The molecule has 0 aliphatic heterocycles. The lowest BCUT2D eigenvalue weighted by Crippen LogP contribution is -2.16. The first-order chi connectivity index (χ1) is 3.85. The van der Waals surface area contributed by atoms with Crippen LogP contribution in [0.2, 0.25) is 0 Å². The van der Waals surface area contributed by atoms with E-state index in [0.29, 0.717) is 0 Å². The highest BCUT2D eigenvalue weighted by Gasteiger charge is 2.03. The monoisotopic (exact) mass is 122 g/mol. The lowest BCUT2D eigenvalue weighted by molar-refractivity contribution is -0.254. The molecule has 0 aromatic carbocycles. The normalized spacial score (nSPS) is 10.5. The molecule has 50 valence electrons. The highest BCUT2D eigenvalue weighted by molar-refractivity contribution is 4.50. The summed E-state index contributed by atoms with van der Waals surface area (Å²) >= 11 is 0. The summed E-state index contributed by atoms with van der Waals surface area (Å²) in [6.07, 6.45) is 0. The summed E-state index contributed by atoms with van der Waals surface area (Å²) in [6.45, 7) is -0.360. The van der Waals surface area contributed by atoms with Crippen molar-refractivity contribution in [3.63, 3.8) is 0 Å². The van der Waals surface area contributed by atoms with Gasteiger partial charge in [0.1, 0.15) is 0 Å². The van der Waals surface area contributed by atoms with Crippen LogP contribution in [0.5, 0.6) is 0 Å². The van der Waals surface area contributed by atoms with E-state index < -0.39 is 0 Å². The molecule has 0 saturated heterocycles. The first-order valence-corrected chi connectivity index (χ1v) is 2.33. The van der Waals surface area contributed by atoms with Gasteiger partial charge in [0, 0.05) is 5.92 Å². The van der Waals surface area contributed by atoms with Crippen LogP contribution in [0.4, 0.5) is 0 Å². The quantitative estimate of drug-likeness (QED) is 0.333. The van der Waals surface area contributed by atoms with Gasteiger partial charge in [-0.25, -0.2) is 4.89 Å². The maximum absolute atomic E-state index is 8.31. The Labute approximate surface area is 47.3 Å². The first kappa shape index (κ1) is 7.84. The molecular weight excluding hydrogens is 112 g/mol. The molecule has 3 N–H and O–H groups in total. The number of hydrogen-bond donors (Lipinski definition) is 3. The van der Waals surface area contributed by atoms with E-state index in [-0.39, 0.29) is 25.7 Å². The van der Waals surface area contributed by atoms with Gasteiger partial charge in [-0.1, -0.05) is 0 Å². The number of aliphatic hydroxyl groups excluding tert-OH is 2. The van der Waals surface area contributed by atoms with Gasteiger partial charge < -0.3 is 10.2 Å². The van der Waals surface area contributed by atoms with Crippen LogP contribution in [-0.4, -0.2) is 35.3 Å². The van der Waals surface area contributed by atoms with Crippen molar-refractivity contribution in [2.45, 2.75) is 0 Å². The summed E-state index contributed by atoms with van der Waals surface area (Å²) in [5, 5.41) is 24.4. The van der Waals surface area contributed by atoms with Crippen molar-refractivity contribution in [1.29, 1.82) is 0 Å². The maximum Gasteiger partial charge on any atom is 0.0891 e. The van der Waals surface area contributed by atoms with E-state index in [1.54, 1.807) is 0 Å². The fraction of sp³-hybridized carbons (Fsp3) is 1.00. The molecule has 0 amide bonds. The summed E-state index contributed by atoms with van der Waals surface area (Å²) < 4.78 is 0. The number of rotatable bonds is 4. The Morgan fingerprint density at radius 2 is 1.75 bits per heavy atom. The molecule has 0 aromatic heterocycles. The highest BCUT2D eigenvalue weighted by Crippen LogP contribution is 1.91. The molecule has 0 heterocycles. The van der Waals surface area contributed by atoms with Crippen molar-refractivity contribution >= 4 is 0 Å². The second-order valence-corrected chi connectivity index (χ2v) is 1.53. The highest BCUT2D eigenvalue weighted by atomic mass is 17.1. The zero-order chi connectivity index (χ0) is 6.41. The van der Waals surface area contributed by atoms with Gasteiger partial charge in [-0.05, 0) is 0 Å². The van der Waals surface area contributed by atoms with Crippen LogP contribution in [0, 0.1) is 5.92 Å². The third kappa shape index (κ3) is 2.92. The van der Waals surface area contributed by atoms with Gasteiger partial charge in [0.25, 0.3) is 0 Å². The molecule has 0 atom stereocenters. The van der Waals surface area contributed by atoms with E-state index in [9.17, 15) is 0 Å². The van der Waals surface area contributed by atoms with Gasteiger partial charge in [0.15, 0.2) is 0 Å². The molecule has 4 nitrogen and oxygen atoms in total. The van der Waals surface area contributed by atoms with E-state index in [4.69, 9.17) is 15.5 Å². The number of hydrogen-bond acceptors (Lipinski definition) is 4. The van der Waals surface area contributed by atoms with E-state index >= 15 is 0 Å². The van der Waals surface area contributed by atoms with E-state index in [1.807, 2.05) is 0 Å². The summed E-state index contributed by atoms with van der Waals surface area (Å²) in [5.41, 5.74) is 0. The molecule has 0 aromatic rings. The zero-order valence-corrected chi connectivity index (χ0v) is 4.45. The van der Waals surface area contributed by atoms with Gasteiger partial charge in [-0.3, -0.25) is 5.26 Å². The summed E-state index contributed by atoms with van der Waals surface area (Å²) in [4.78, 5) is 3.67. The van der Waals surface area contributed by atoms with E-state index in [1.165, 1.54) is 0 Å². The van der Waals surface area contributed by atoms with Gasteiger partial charge >= 0.3 is 0 Å². The van der Waals surface area contributed by atoms with Crippen molar-refractivity contribution in [3.05, 3.63) is 0 Å². The third-order valence-corrected chi connectivity index (χ3v) is 0.827. The smallest absolute Gasteiger partial charge is 0.0891 e. The van der Waals surface area contributed by atoms with Crippen LogP contribution in [0.25, 0.3) is 0 Å². The largest absolute Gasteiger partial charge is 0.396 e. The van der Waals surface area contributed by atoms with Crippen LogP contribution < -0.4 is 0 Å². The molecule has 0 fully saturated rings. The molecule has 0 unspecified atom stereocenters.